The molecule has 3 rings (SSSR count). The maximum absolute atomic E-state index is 14.0. The maximum atomic E-state index is 14.0. The Morgan fingerprint density at radius 1 is 1.00 bits per heavy atom. The Balaban J connectivity index is 2.09. The van der Waals surface area contributed by atoms with Crippen molar-refractivity contribution in [3.63, 3.8) is 0 Å². The fourth-order valence-corrected chi connectivity index (χ4v) is 3.63. The molecule has 0 aliphatic heterocycles. The highest BCUT2D eigenvalue weighted by molar-refractivity contribution is 9.10. The number of hydrogen-bond acceptors (Lipinski definition) is 2. The van der Waals surface area contributed by atoms with E-state index in [0.717, 1.165) is 25.1 Å². The van der Waals surface area contributed by atoms with Gasteiger partial charge in [0.05, 0.1) is 5.69 Å². The summed E-state index contributed by atoms with van der Waals surface area (Å²) >= 11 is 8.31. The van der Waals surface area contributed by atoms with E-state index < -0.39 is 0 Å². The average Bonchev–Trinajstić information content (AvgIpc) is 2.84. The molecule has 1 heterocycles. The van der Waals surface area contributed by atoms with E-state index in [1.807, 2.05) is 31.2 Å². The second-order valence-electron chi connectivity index (χ2n) is 4.55. The number of nitrogens with zero attached hydrogens (tertiary/aromatic N) is 1. The van der Waals surface area contributed by atoms with Crippen LogP contribution in [0.5, 0.6) is 0 Å². The normalized spacial score (nSPS) is 10.9. The molecule has 0 aliphatic rings. The molecule has 21 heavy (non-hydrogen) atoms. The van der Waals surface area contributed by atoms with Crippen LogP contribution in [0.25, 0.3) is 21.8 Å². The quantitative estimate of drug-likeness (QED) is 0.458. The minimum atomic E-state index is -0.255. The first-order valence-electron chi connectivity index (χ1n) is 6.23. The van der Waals surface area contributed by atoms with Crippen LogP contribution in [-0.4, -0.2) is 4.98 Å². The maximum Gasteiger partial charge on any atom is 0.133 e. The lowest BCUT2D eigenvalue weighted by atomic mass is 10.1. The first-order valence-corrected chi connectivity index (χ1v) is 8.63. The van der Waals surface area contributed by atoms with Gasteiger partial charge in [0.1, 0.15) is 10.8 Å². The van der Waals surface area contributed by atoms with E-state index in [2.05, 4.69) is 36.8 Å². The third kappa shape index (κ3) is 3.10. The predicted octanol–water partition coefficient (Wildman–Crippen LogP) is 6.45. The number of thiazole rings is 1. The van der Waals surface area contributed by atoms with E-state index in [1.165, 1.54) is 17.4 Å². The highest BCUT2D eigenvalue weighted by Crippen LogP contribution is 2.35. The summed E-state index contributed by atoms with van der Waals surface area (Å²) in [7, 11) is 0. The number of aromatic nitrogens is 1. The second-order valence-corrected chi connectivity index (χ2v) is 7.59. The fraction of sp³-hybridized carbons (Fsp3) is 0.0625. The van der Waals surface area contributed by atoms with Crippen LogP contribution in [0.1, 0.15) is 4.88 Å². The average molecular weight is 427 g/mol. The molecule has 0 saturated heterocycles. The van der Waals surface area contributed by atoms with E-state index in [0.29, 0.717) is 10.6 Å². The molecule has 2 aromatic carbocycles. The van der Waals surface area contributed by atoms with Crippen LogP contribution in [0.15, 0.2) is 51.4 Å². The molecule has 0 radical (unpaired) electrons. The van der Waals surface area contributed by atoms with Gasteiger partial charge in [0.15, 0.2) is 0 Å². The largest absolute Gasteiger partial charge is 0.236 e. The summed E-state index contributed by atoms with van der Waals surface area (Å²) in [6.07, 6.45) is 0. The van der Waals surface area contributed by atoms with Crippen LogP contribution >= 0.6 is 43.2 Å². The van der Waals surface area contributed by atoms with Crippen molar-refractivity contribution in [2.75, 3.05) is 0 Å². The van der Waals surface area contributed by atoms with Gasteiger partial charge in [-0.25, -0.2) is 9.37 Å². The van der Waals surface area contributed by atoms with Gasteiger partial charge >= 0.3 is 0 Å². The standard InChI is InChI=1S/C16H10Br2FNS/c1-9-15(10-2-4-11(17)5-3-10)20-16(21-9)13-8-12(18)6-7-14(13)19/h2-8H,1H3. The Morgan fingerprint density at radius 3 is 2.38 bits per heavy atom. The number of halogens is 3. The monoisotopic (exact) mass is 425 g/mol. The highest BCUT2D eigenvalue weighted by Gasteiger charge is 2.14. The number of aryl methyl sites for hydroxylation is 1. The molecule has 0 atom stereocenters. The van der Waals surface area contributed by atoms with Crippen molar-refractivity contribution in [3.05, 3.63) is 62.1 Å². The molecular weight excluding hydrogens is 417 g/mol. The van der Waals surface area contributed by atoms with E-state index in [9.17, 15) is 4.39 Å². The van der Waals surface area contributed by atoms with Crippen molar-refractivity contribution < 1.29 is 4.39 Å². The van der Waals surface area contributed by atoms with Gasteiger partial charge in [-0.3, -0.25) is 0 Å². The lowest BCUT2D eigenvalue weighted by Crippen LogP contribution is -1.85. The molecule has 1 nitrogen and oxygen atoms in total. The summed E-state index contributed by atoms with van der Waals surface area (Å²) in [5.41, 5.74) is 2.47. The summed E-state index contributed by atoms with van der Waals surface area (Å²) in [5.74, 6) is -0.255. The molecule has 0 bridgehead atoms. The van der Waals surface area contributed by atoms with Crippen LogP contribution in [0.4, 0.5) is 4.39 Å². The Hall–Kier alpha value is -1.04. The van der Waals surface area contributed by atoms with Crippen LogP contribution in [0, 0.1) is 12.7 Å². The molecule has 0 spiro atoms. The first-order chi connectivity index (χ1) is 10.0. The van der Waals surface area contributed by atoms with Crippen molar-refractivity contribution >= 4 is 43.2 Å². The van der Waals surface area contributed by atoms with E-state index in [-0.39, 0.29) is 5.82 Å². The van der Waals surface area contributed by atoms with Gasteiger partial charge in [0.25, 0.3) is 0 Å². The first kappa shape index (κ1) is 14.9. The van der Waals surface area contributed by atoms with Crippen LogP contribution in [0.2, 0.25) is 0 Å². The lowest BCUT2D eigenvalue weighted by Gasteiger charge is -2.00. The van der Waals surface area contributed by atoms with Crippen molar-refractivity contribution in [3.8, 4) is 21.8 Å². The summed E-state index contributed by atoms with van der Waals surface area (Å²) in [4.78, 5) is 5.70. The third-order valence-electron chi connectivity index (χ3n) is 3.07. The lowest BCUT2D eigenvalue weighted by molar-refractivity contribution is 0.631. The van der Waals surface area contributed by atoms with Crippen LogP contribution in [-0.2, 0) is 0 Å². The summed E-state index contributed by atoms with van der Waals surface area (Å²) in [6, 6.07) is 12.9. The van der Waals surface area contributed by atoms with E-state index in [4.69, 9.17) is 0 Å². The molecule has 1 aromatic heterocycles. The van der Waals surface area contributed by atoms with Gasteiger partial charge in [-0.05, 0) is 37.3 Å². The van der Waals surface area contributed by atoms with Crippen molar-refractivity contribution in [1.29, 1.82) is 0 Å². The zero-order valence-electron chi connectivity index (χ0n) is 11.0. The van der Waals surface area contributed by atoms with Crippen LogP contribution in [0.3, 0.4) is 0 Å². The smallest absolute Gasteiger partial charge is 0.133 e. The molecule has 0 fully saturated rings. The summed E-state index contributed by atoms with van der Waals surface area (Å²) < 4.78 is 15.9. The Morgan fingerprint density at radius 2 is 1.67 bits per heavy atom. The Bertz CT molecular complexity index is 797. The molecule has 0 unspecified atom stereocenters. The minimum Gasteiger partial charge on any atom is -0.236 e. The van der Waals surface area contributed by atoms with Crippen LogP contribution < -0.4 is 0 Å². The van der Waals surface area contributed by atoms with E-state index in [1.54, 1.807) is 12.1 Å². The molecule has 0 saturated carbocycles. The Kier molecular flexibility index (Phi) is 4.24. The topological polar surface area (TPSA) is 12.9 Å². The summed E-state index contributed by atoms with van der Waals surface area (Å²) in [5, 5.41) is 0.698. The molecule has 5 heteroatoms. The molecule has 106 valence electrons. The molecule has 0 aliphatic carbocycles. The minimum absolute atomic E-state index is 0.255. The zero-order valence-corrected chi connectivity index (χ0v) is 15.0. The predicted molar refractivity (Wildman–Crippen MR) is 93.1 cm³/mol. The molecule has 0 N–H and O–H groups in total. The van der Waals surface area contributed by atoms with Crippen molar-refractivity contribution in [2.24, 2.45) is 0 Å². The molecular formula is C16H10Br2FNS. The van der Waals surface area contributed by atoms with Gasteiger partial charge in [-0.1, -0.05) is 44.0 Å². The van der Waals surface area contributed by atoms with Crippen molar-refractivity contribution in [2.45, 2.75) is 6.92 Å². The summed E-state index contributed by atoms with van der Waals surface area (Å²) in [6.45, 7) is 2.01. The van der Waals surface area contributed by atoms with Gasteiger partial charge in [-0.2, -0.15) is 0 Å². The number of benzene rings is 2. The van der Waals surface area contributed by atoms with Gasteiger partial charge in [-0.15, -0.1) is 11.3 Å². The SMILES string of the molecule is Cc1sc(-c2cc(Br)ccc2F)nc1-c1ccc(Br)cc1. The molecule has 3 aromatic rings. The second kappa shape index (κ2) is 5.99. The van der Waals surface area contributed by atoms with Gasteiger partial charge in [0, 0.05) is 24.9 Å². The highest BCUT2D eigenvalue weighted by atomic mass is 79.9. The van der Waals surface area contributed by atoms with Gasteiger partial charge < -0.3 is 0 Å². The van der Waals surface area contributed by atoms with Crippen molar-refractivity contribution in [1.82, 2.24) is 4.98 Å². The van der Waals surface area contributed by atoms with Gasteiger partial charge in [0.2, 0.25) is 0 Å². The zero-order chi connectivity index (χ0) is 15.0. The fourth-order valence-electron chi connectivity index (χ4n) is 2.05. The number of rotatable bonds is 2. The molecule has 0 amide bonds. The third-order valence-corrected chi connectivity index (χ3v) is 5.10. The van der Waals surface area contributed by atoms with E-state index >= 15 is 0 Å². The Labute approximate surface area is 143 Å². The number of hydrogen-bond donors (Lipinski definition) is 0.